The molecule has 2 aliphatic heterocycles. The van der Waals surface area contributed by atoms with Gasteiger partial charge in [0.1, 0.15) is 6.04 Å². The van der Waals surface area contributed by atoms with E-state index in [0.717, 1.165) is 11.1 Å². The van der Waals surface area contributed by atoms with Gasteiger partial charge in [0.25, 0.3) is 11.8 Å². The first-order chi connectivity index (χ1) is 19.0. The number of hydrogen-bond donors (Lipinski definition) is 0. The zero-order chi connectivity index (χ0) is 30.6. The van der Waals surface area contributed by atoms with Crippen molar-refractivity contribution in [2.75, 3.05) is 31.1 Å². The Hall–Kier alpha value is -2.86. The lowest BCUT2D eigenvalue weighted by Crippen LogP contribution is -2.61. The number of carbonyl (C=O) groups is 3. The van der Waals surface area contributed by atoms with Crippen molar-refractivity contribution in [3.63, 3.8) is 0 Å². The van der Waals surface area contributed by atoms with Gasteiger partial charge in [-0.3, -0.25) is 14.4 Å². The van der Waals surface area contributed by atoms with Crippen LogP contribution in [0, 0.1) is 5.41 Å². The van der Waals surface area contributed by atoms with Crippen LogP contribution in [0.15, 0.2) is 42.5 Å². The van der Waals surface area contributed by atoms with Gasteiger partial charge >= 0.3 is 0 Å². The van der Waals surface area contributed by atoms with Crippen LogP contribution in [0.1, 0.15) is 92.4 Å². The molecule has 40 heavy (non-hydrogen) atoms. The minimum absolute atomic E-state index is 0.0252. The Morgan fingerprint density at radius 1 is 0.900 bits per heavy atom. The summed E-state index contributed by atoms with van der Waals surface area (Å²) in [6.45, 7) is 21.7. The van der Waals surface area contributed by atoms with Crippen LogP contribution in [0.5, 0.6) is 0 Å². The minimum atomic E-state index is -0.679. The van der Waals surface area contributed by atoms with E-state index in [2.05, 4.69) is 13.8 Å². The number of fused-ring (bicyclic) bond motifs is 2. The van der Waals surface area contributed by atoms with Gasteiger partial charge in [0.15, 0.2) is 0 Å². The summed E-state index contributed by atoms with van der Waals surface area (Å²) >= 11 is 6.03. The fourth-order valence-electron chi connectivity index (χ4n) is 4.57. The van der Waals surface area contributed by atoms with E-state index in [-0.39, 0.29) is 29.7 Å². The Morgan fingerprint density at radius 3 is 1.98 bits per heavy atom. The van der Waals surface area contributed by atoms with Gasteiger partial charge in [-0.15, -0.1) is 0 Å². The number of likely N-dealkylation sites (N-methyl/N-ethyl adjacent to an activating group) is 1. The third-order valence-electron chi connectivity index (χ3n) is 6.24. The number of anilines is 1. The normalized spacial score (nSPS) is 16.2. The second-order valence-corrected chi connectivity index (χ2v) is 11.1. The maximum atomic E-state index is 13.6. The van der Waals surface area contributed by atoms with Crippen LogP contribution in [0.3, 0.4) is 0 Å². The minimum Gasteiger partial charge on any atom is -0.338 e. The van der Waals surface area contributed by atoms with Crippen molar-refractivity contribution in [3.05, 3.63) is 53.1 Å². The molecule has 7 heteroatoms. The molecule has 1 atom stereocenters. The van der Waals surface area contributed by atoms with Gasteiger partial charge in [0.2, 0.25) is 5.91 Å². The topological polar surface area (TPSA) is 60.9 Å². The van der Waals surface area contributed by atoms with Crippen molar-refractivity contribution >= 4 is 35.0 Å². The second-order valence-electron chi connectivity index (χ2n) is 10.6. The molecule has 0 saturated carbocycles. The molecule has 1 unspecified atom stereocenters. The highest BCUT2D eigenvalue weighted by Crippen LogP contribution is 2.34. The average molecular weight is 572 g/mol. The fraction of sp³-hybridized carbons (Fsp3) is 0.545. The van der Waals surface area contributed by atoms with Crippen LogP contribution in [-0.2, 0) is 9.59 Å². The van der Waals surface area contributed by atoms with E-state index < -0.39 is 6.04 Å². The molecular weight excluding hydrogens is 522 g/mol. The van der Waals surface area contributed by atoms with Crippen molar-refractivity contribution in [1.29, 1.82) is 0 Å². The summed E-state index contributed by atoms with van der Waals surface area (Å²) in [5, 5.41) is 0.647. The highest BCUT2D eigenvalue weighted by atomic mass is 35.5. The summed E-state index contributed by atoms with van der Waals surface area (Å²) in [7, 11) is 0. The van der Waals surface area contributed by atoms with E-state index in [1.54, 1.807) is 14.7 Å². The van der Waals surface area contributed by atoms with Crippen molar-refractivity contribution in [1.82, 2.24) is 9.80 Å². The molecule has 2 aromatic rings. The Bertz CT molecular complexity index is 1110. The number of halogens is 1. The third-order valence-corrected chi connectivity index (χ3v) is 6.49. The summed E-state index contributed by atoms with van der Waals surface area (Å²) in [5.41, 5.74) is 2.82. The zero-order valence-electron chi connectivity index (χ0n) is 26.3. The predicted molar refractivity (Wildman–Crippen MR) is 169 cm³/mol. The van der Waals surface area contributed by atoms with Gasteiger partial charge in [0.05, 0.1) is 17.8 Å². The summed E-state index contributed by atoms with van der Waals surface area (Å²) in [6.07, 6.45) is 1.66. The van der Waals surface area contributed by atoms with E-state index >= 15 is 0 Å². The van der Waals surface area contributed by atoms with E-state index in [9.17, 15) is 14.4 Å². The number of nitrogens with zero attached hydrogens (tertiary/aromatic N) is 3. The van der Waals surface area contributed by atoms with Crippen molar-refractivity contribution in [2.24, 2.45) is 5.41 Å². The quantitative estimate of drug-likeness (QED) is 0.376. The number of piperazine rings is 1. The third kappa shape index (κ3) is 8.82. The second kappa shape index (κ2) is 16.4. The molecule has 6 nitrogen and oxygen atoms in total. The molecule has 0 N–H and O–H groups in total. The van der Waals surface area contributed by atoms with Crippen LogP contribution in [-0.4, -0.2) is 59.7 Å². The first-order valence-electron chi connectivity index (χ1n) is 14.8. The van der Waals surface area contributed by atoms with Crippen LogP contribution >= 0.6 is 11.6 Å². The molecular formula is C33H50ClN3O3. The molecule has 2 aromatic carbocycles. The smallest absolute Gasteiger partial charge is 0.256 e. The Labute approximate surface area is 247 Å². The first-order valence-corrected chi connectivity index (χ1v) is 15.2. The van der Waals surface area contributed by atoms with Crippen molar-refractivity contribution in [2.45, 2.75) is 88.1 Å². The highest BCUT2D eigenvalue weighted by molar-refractivity contribution is 6.30. The predicted octanol–water partition coefficient (Wildman–Crippen LogP) is 7.93. The Morgan fingerprint density at radius 2 is 1.45 bits per heavy atom. The standard InChI is InChI=1S/C26H30ClN3O3.C3H8.2C2H6/c1-5-29-21-11-8-18(17-6-9-19(27)10-7-17)14-20(21)24(32)30-13-12-28(16-22(30)25(29)33)23(31)15-26(2,3)4;1-3-2;2*1-2/h6-11,14,22H,5,12-13,15-16H2,1-4H3;3H2,1-2H3;2*1-2H3. The van der Waals surface area contributed by atoms with Gasteiger partial charge in [-0.05, 0) is 47.7 Å². The molecule has 3 amide bonds. The highest BCUT2D eigenvalue weighted by Gasteiger charge is 2.43. The molecule has 0 radical (unpaired) electrons. The van der Waals surface area contributed by atoms with Crippen molar-refractivity contribution in [3.8, 4) is 11.1 Å². The molecule has 2 aliphatic rings. The molecule has 1 fully saturated rings. The Kier molecular flexibility index (Phi) is 14.4. The number of carbonyl (C=O) groups excluding carboxylic acids is 3. The Balaban J connectivity index is 0.00000105. The molecule has 0 bridgehead atoms. The largest absolute Gasteiger partial charge is 0.338 e. The maximum Gasteiger partial charge on any atom is 0.256 e. The van der Waals surface area contributed by atoms with E-state index in [0.29, 0.717) is 42.3 Å². The number of rotatable bonds is 3. The lowest BCUT2D eigenvalue weighted by Gasteiger charge is -2.40. The van der Waals surface area contributed by atoms with Crippen LogP contribution in [0.4, 0.5) is 5.69 Å². The van der Waals surface area contributed by atoms with Crippen LogP contribution in [0.2, 0.25) is 5.02 Å². The summed E-state index contributed by atoms with van der Waals surface area (Å²) in [5.74, 6) is -0.285. The molecule has 0 spiro atoms. The zero-order valence-corrected chi connectivity index (χ0v) is 27.1. The lowest BCUT2D eigenvalue weighted by molar-refractivity contribution is -0.137. The first kappa shape index (κ1) is 35.2. The molecule has 4 rings (SSSR count). The average Bonchev–Trinajstić information content (AvgIpc) is 3.03. The van der Waals surface area contributed by atoms with Gasteiger partial charge in [0, 0.05) is 31.1 Å². The van der Waals surface area contributed by atoms with Crippen LogP contribution < -0.4 is 4.90 Å². The summed E-state index contributed by atoms with van der Waals surface area (Å²) in [6, 6.07) is 12.4. The fourth-order valence-corrected chi connectivity index (χ4v) is 4.70. The molecule has 2 heterocycles. The molecule has 0 aliphatic carbocycles. The van der Waals surface area contributed by atoms with Crippen LogP contribution in [0.25, 0.3) is 11.1 Å². The van der Waals surface area contributed by atoms with Crippen molar-refractivity contribution < 1.29 is 14.4 Å². The molecule has 222 valence electrons. The van der Waals surface area contributed by atoms with Gasteiger partial charge in [-0.2, -0.15) is 0 Å². The number of hydrogen-bond acceptors (Lipinski definition) is 3. The van der Waals surface area contributed by atoms with Gasteiger partial charge < -0.3 is 14.7 Å². The van der Waals surface area contributed by atoms with Gasteiger partial charge in [-0.1, -0.05) is 98.5 Å². The SMILES string of the molecule is CC.CC.CCC.CCN1C(=O)C2CN(C(=O)CC(C)(C)C)CCN2C(=O)c2cc(-c3ccc(Cl)cc3)ccc21. The lowest BCUT2D eigenvalue weighted by atomic mass is 9.91. The molecule has 0 aromatic heterocycles. The van der Waals surface area contributed by atoms with Gasteiger partial charge in [-0.25, -0.2) is 0 Å². The number of benzene rings is 2. The molecule has 1 saturated heterocycles. The van der Waals surface area contributed by atoms with E-state index in [4.69, 9.17) is 11.6 Å². The summed E-state index contributed by atoms with van der Waals surface area (Å²) < 4.78 is 0. The summed E-state index contributed by atoms with van der Waals surface area (Å²) in [4.78, 5) is 45.1. The maximum absolute atomic E-state index is 13.6. The number of amides is 3. The van der Waals surface area contributed by atoms with E-state index in [1.165, 1.54) is 6.42 Å². The monoisotopic (exact) mass is 571 g/mol. The van der Waals surface area contributed by atoms with E-state index in [1.807, 2.05) is 97.9 Å².